The van der Waals surface area contributed by atoms with E-state index in [9.17, 15) is 4.79 Å². The van der Waals surface area contributed by atoms with Crippen LogP contribution in [0.15, 0.2) is 28.9 Å². The molecule has 6 heteroatoms. The molecule has 0 aromatic carbocycles. The van der Waals surface area contributed by atoms with Gasteiger partial charge in [-0.15, -0.1) is 0 Å². The molecule has 0 bridgehead atoms. The molecule has 0 spiro atoms. The Labute approximate surface area is 152 Å². The summed E-state index contributed by atoms with van der Waals surface area (Å²) in [5, 5.41) is 8.48. The quantitative estimate of drug-likeness (QED) is 0.773. The number of rotatable bonds is 4. The smallest absolute Gasteiger partial charge is 0.252 e. The molecule has 3 aromatic rings. The van der Waals surface area contributed by atoms with Gasteiger partial charge in [0.15, 0.2) is 5.65 Å². The summed E-state index contributed by atoms with van der Waals surface area (Å²) in [7, 11) is 0. The number of pyridine rings is 1. The highest BCUT2D eigenvalue weighted by atomic mass is 16.3. The molecule has 4 rings (SSSR count). The fraction of sp³-hybridized carbons (Fsp3) is 0.450. The zero-order valence-electron chi connectivity index (χ0n) is 15.7. The summed E-state index contributed by atoms with van der Waals surface area (Å²) in [4.78, 5) is 17.8. The van der Waals surface area contributed by atoms with Crippen LogP contribution < -0.4 is 5.32 Å². The zero-order chi connectivity index (χ0) is 18.5. The number of furan rings is 1. The van der Waals surface area contributed by atoms with Crippen LogP contribution in [0.25, 0.3) is 11.0 Å². The van der Waals surface area contributed by atoms with E-state index in [0.29, 0.717) is 18.0 Å². The molecule has 0 radical (unpaired) electrons. The van der Waals surface area contributed by atoms with Gasteiger partial charge in [-0.1, -0.05) is 0 Å². The number of carbonyl (C=O) groups excluding carboxylic acids is 1. The highest BCUT2D eigenvalue weighted by Gasteiger charge is 2.30. The van der Waals surface area contributed by atoms with E-state index in [-0.39, 0.29) is 11.4 Å². The second kappa shape index (κ2) is 5.97. The molecule has 1 aliphatic rings. The standard InChI is InChI=1S/C20H24N4O2/c1-12-17-15(19(25)21-11-14-6-5-9-26-14)10-16(13-7-8-13)22-18(17)24(23-12)20(2,3)4/h5-6,9-10,13H,7-8,11H2,1-4H3,(H,21,25). The maximum absolute atomic E-state index is 12.9. The van der Waals surface area contributed by atoms with Gasteiger partial charge in [-0.2, -0.15) is 5.10 Å². The molecule has 1 N–H and O–H groups in total. The lowest BCUT2D eigenvalue weighted by atomic mass is 10.1. The van der Waals surface area contributed by atoms with E-state index >= 15 is 0 Å². The Morgan fingerprint density at radius 2 is 2.15 bits per heavy atom. The molecule has 1 fully saturated rings. The van der Waals surface area contributed by atoms with Crippen molar-refractivity contribution in [2.75, 3.05) is 0 Å². The minimum absolute atomic E-state index is 0.118. The van der Waals surface area contributed by atoms with E-state index in [1.165, 1.54) is 0 Å². The summed E-state index contributed by atoms with van der Waals surface area (Å²) in [5.41, 5.74) is 3.06. The third-order valence-corrected chi connectivity index (χ3v) is 4.71. The third-order valence-electron chi connectivity index (χ3n) is 4.71. The van der Waals surface area contributed by atoms with Crippen molar-refractivity contribution in [2.45, 2.75) is 58.5 Å². The lowest BCUT2D eigenvalue weighted by Gasteiger charge is -2.20. The average Bonchev–Trinajstić information content (AvgIpc) is 3.20. The van der Waals surface area contributed by atoms with Gasteiger partial charge in [0.05, 0.1) is 35.0 Å². The van der Waals surface area contributed by atoms with E-state index in [2.05, 4.69) is 26.1 Å². The van der Waals surface area contributed by atoms with Crippen LogP contribution in [-0.2, 0) is 12.1 Å². The van der Waals surface area contributed by atoms with E-state index < -0.39 is 0 Å². The lowest BCUT2D eigenvalue weighted by Crippen LogP contribution is -2.25. The van der Waals surface area contributed by atoms with Gasteiger partial charge in [0.25, 0.3) is 5.91 Å². The number of hydrogen-bond acceptors (Lipinski definition) is 4. The van der Waals surface area contributed by atoms with Crippen LogP contribution >= 0.6 is 0 Å². The largest absolute Gasteiger partial charge is 0.467 e. The van der Waals surface area contributed by atoms with Crippen molar-refractivity contribution < 1.29 is 9.21 Å². The number of nitrogens with zero attached hydrogens (tertiary/aromatic N) is 3. The molecule has 1 amide bonds. The second-order valence-corrected chi connectivity index (χ2v) is 8.00. The van der Waals surface area contributed by atoms with Gasteiger partial charge in [-0.3, -0.25) is 4.79 Å². The molecule has 6 nitrogen and oxygen atoms in total. The Bertz CT molecular complexity index is 960. The zero-order valence-corrected chi connectivity index (χ0v) is 15.7. The number of hydrogen-bond donors (Lipinski definition) is 1. The normalized spacial score (nSPS) is 14.8. The first kappa shape index (κ1) is 16.8. The summed E-state index contributed by atoms with van der Waals surface area (Å²) >= 11 is 0. The third kappa shape index (κ3) is 3.00. The van der Waals surface area contributed by atoms with Crippen LogP contribution in [0.5, 0.6) is 0 Å². The van der Waals surface area contributed by atoms with Gasteiger partial charge in [0, 0.05) is 11.6 Å². The molecule has 1 saturated carbocycles. The molecule has 0 unspecified atom stereocenters. The Morgan fingerprint density at radius 3 is 2.77 bits per heavy atom. The number of carbonyl (C=O) groups is 1. The van der Waals surface area contributed by atoms with Crippen molar-refractivity contribution in [1.29, 1.82) is 0 Å². The first-order valence-electron chi connectivity index (χ1n) is 9.06. The Morgan fingerprint density at radius 1 is 1.38 bits per heavy atom. The van der Waals surface area contributed by atoms with Crippen LogP contribution in [0, 0.1) is 6.92 Å². The Balaban J connectivity index is 1.79. The second-order valence-electron chi connectivity index (χ2n) is 8.00. The van der Waals surface area contributed by atoms with Gasteiger partial charge in [-0.25, -0.2) is 9.67 Å². The van der Waals surface area contributed by atoms with Gasteiger partial charge >= 0.3 is 0 Å². The van der Waals surface area contributed by atoms with Crippen molar-refractivity contribution in [3.63, 3.8) is 0 Å². The van der Waals surface area contributed by atoms with Crippen molar-refractivity contribution in [3.8, 4) is 0 Å². The molecular formula is C20H24N4O2. The van der Waals surface area contributed by atoms with Gasteiger partial charge in [-0.05, 0) is 58.7 Å². The van der Waals surface area contributed by atoms with Crippen LogP contribution in [0.1, 0.15) is 67.0 Å². The van der Waals surface area contributed by atoms with E-state index in [1.807, 2.05) is 29.8 Å². The minimum atomic E-state index is -0.205. The minimum Gasteiger partial charge on any atom is -0.467 e. The number of amides is 1. The molecular weight excluding hydrogens is 328 g/mol. The predicted molar refractivity (Wildman–Crippen MR) is 99.1 cm³/mol. The fourth-order valence-corrected chi connectivity index (χ4v) is 3.22. The van der Waals surface area contributed by atoms with Crippen molar-refractivity contribution in [3.05, 3.63) is 47.2 Å². The average molecular weight is 352 g/mol. The van der Waals surface area contributed by atoms with Gasteiger partial charge in [0.2, 0.25) is 0 Å². The van der Waals surface area contributed by atoms with Crippen LogP contribution in [-0.4, -0.2) is 20.7 Å². The molecule has 3 heterocycles. The molecule has 0 aliphatic heterocycles. The fourth-order valence-electron chi connectivity index (χ4n) is 3.22. The SMILES string of the molecule is Cc1nn(C(C)(C)C)c2nc(C3CC3)cc(C(=O)NCc3ccco3)c12. The first-order valence-corrected chi connectivity index (χ1v) is 9.06. The van der Waals surface area contributed by atoms with Crippen LogP contribution in [0.3, 0.4) is 0 Å². The lowest BCUT2D eigenvalue weighted by molar-refractivity contribution is 0.0949. The highest BCUT2D eigenvalue weighted by molar-refractivity contribution is 6.06. The Hall–Kier alpha value is -2.63. The number of nitrogens with one attached hydrogen (secondary N) is 1. The van der Waals surface area contributed by atoms with Crippen molar-refractivity contribution in [1.82, 2.24) is 20.1 Å². The summed E-state index contributed by atoms with van der Waals surface area (Å²) in [6, 6.07) is 5.61. The number of fused-ring (bicyclic) bond motifs is 1. The predicted octanol–water partition coefficient (Wildman–Crippen LogP) is 3.90. The molecule has 0 saturated heterocycles. The highest BCUT2D eigenvalue weighted by Crippen LogP contribution is 2.41. The summed E-state index contributed by atoms with van der Waals surface area (Å²) in [6.07, 6.45) is 3.87. The van der Waals surface area contributed by atoms with E-state index in [1.54, 1.807) is 6.26 Å². The molecule has 1 aliphatic carbocycles. The summed E-state index contributed by atoms with van der Waals surface area (Å²) in [6.45, 7) is 8.59. The van der Waals surface area contributed by atoms with Crippen molar-refractivity contribution >= 4 is 16.9 Å². The van der Waals surface area contributed by atoms with Gasteiger partial charge < -0.3 is 9.73 Å². The van der Waals surface area contributed by atoms with Crippen LogP contribution in [0.2, 0.25) is 0 Å². The molecule has 0 atom stereocenters. The topological polar surface area (TPSA) is 73.0 Å². The van der Waals surface area contributed by atoms with Gasteiger partial charge in [0.1, 0.15) is 5.76 Å². The number of aryl methyl sites for hydroxylation is 1. The monoisotopic (exact) mass is 352 g/mol. The van der Waals surface area contributed by atoms with E-state index in [0.717, 1.165) is 41.0 Å². The van der Waals surface area contributed by atoms with E-state index in [4.69, 9.17) is 14.5 Å². The first-order chi connectivity index (χ1) is 12.3. The van der Waals surface area contributed by atoms with Crippen molar-refractivity contribution in [2.24, 2.45) is 0 Å². The van der Waals surface area contributed by atoms with Crippen LogP contribution in [0.4, 0.5) is 0 Å². The summed E-state index contributed by atoms with van der Waals surface area (Å²) in [5.74, 6) is 1.07. The molecule has 3 aromatic heterocycles. The Kier molecular flexibility index (Phi) is 3.86. The molecule has 136 valence electrons. The maximum Gasteiger partial charge on any atom is 0.252 e. The number of aromatic nitrogens is 3. The maximum atomic E-state index is 12.9. The summed E-state index contributed by atoms with van der Waals surface area (Å²) < 4.78 is 7.25. The molecule has 26 heavy (non-hydrogen) atoms.